The zero-order valence-electron chi connectivity index (χ0n) is 15.9. The van der Waals surface area contributed by atoms with Gasteiger partial charge in [-0.1, -0.05) is 108 Å². The molecule has 1 aliphatic carbocycles. The molecular weight excluding hydrogens is 415 g/mol. The number of benzene rings is 4. The molecular formula is C26H18Cl2O2. The Morgan fingerprint density at radius 3 is 1.17 bits per heavy atom. The van der Waals surface area contributed by atoms with E-state index in [1.165, 1.54) is 0 Å². The zero-order valence-corrected chi connectivity index (χ0v) is 17.4. The first kappa shape index (κ1) is 19.3. The molecule has 4 heteroatoms. The minimum Gasteiger partial charge on any atom is -0.376 e. The molecule has 148 valence electrons. The molecule has 0 saturated heterocycles. The molecule has 0 radical (unpaired) electrons. The van der Waals surface area contributed by atoms with Crippen LogP contribution < -0.4 is 0 Å². The molecule has 2 atom stereocenters. The predicted octanol–water partition coefficient (Wildman–Crippen LogP) is 5.88. The van der Waals surface area contributed by atoms with Crippen LogP contribution in [-0.4, -0.2) is 10.2 Å². The van der Waals surface area contributed by atoms with Gasteiger partial charge in [0.25, 0.3) is 0 Å². The molecule has 0 amide bonds. The van der Waals surface area contributed by atoms with E-state index in [-0.39, 0.29) is 0 Å². The lowest BCUT2D eigenvalue weighted by atomic mass is 9.63. The highest BCUT2D eigenvalue weighted by Gasteiger charge is 2.51. The first-order chi connectivity index (χ1) is 14.5. The summed E-state index contributed by atoms with van der Waals surface area (Å²) in [5.74, 6) is 0. The quantitative estimate of drug-likeness (QED) is 0.415. The van der Waals surface area contributed by atoms with Crippen LogP contribution in [-0.2, 0) is 11.2 Å². The summed E-state index contributed by atoms with van der Waals surface area (Å²) in [5, 5.41) is 25.1. The molecule has 30 heavy (non-hydrogen) atoms. The van der Waals surface area contributed by atoms with Crippen molar-refractivity contribution in [3.8, 4) is 0 Å². The molecule has 0 saturated carbocycles. The van der Waals surface area contributed by atoms with Crippen molar-refractivity contribution < 1.29 is 10.2 Å². The van der Waals surface area contributed by atoms with Crippen LogP contribution in [0.25, 0.3) is 0 Å². The van der Waals surface area contributed by atoms with Crippen LogP contribution in [0, 0.1) is 0 Å². The standard InChI is InChI=1S/C26H18Cl2O2/c27-23-15-21-22(16-24(23)28)26(30,18-11-5-2-6-12-18)20-14-8-7-13-19(20)25(21,29)17-9-3-1-4-10-17/h1-16,29-30H. The van der Waals surface area contributed by atoms with E-state index in [1.54, 1.807) is 12.1 Å². The molecule has 0 spiro atoms. The molecule has 2 nitrogen and oxygen atoms in total. The SMILES string of the molecule is OC1(c2ccccc2)c2ccccc2C(O)(c2ccccc2)c2cc(Cl)c(Cl)cc21. The highest BCUT2D eigenvalue weighted by atomic mass is 35.5. The normalized spacial score (nSPS) is 22.3. The van der Waals surface area contributed by atoms with Gasteiger partial charge in [0.1, 0.15) is 11.2 Å². The highest BCUT2D eigenvalue weighted by molar-refractivity contribution is 6.42. The van der Waals surface area contributed by atoms with Crippen molar-refractivity contribution in [3.05, 3.63) is 140 Å². The molecule has 2 N–H and O–H groups in total. The summed E-state index contributed by atoms with van der Waals surface area (Å²) in [6, 6.07) is 29.6. The maximum Gasteiger partial charge on any atom is 0.141 e. The summed E-state index contributed by atoms with van der Waals surface area (Å²) in [4.78, 5) is 0. The van der Waals surface area contributed by atoms with Gasteiger partial charge in [-0.2, -0.15) is 0 Å². The maximum atomic E-state index is 12.2. The topological polar surface area (TPSA) is 40.5 Å². The zero-order chi connectivity index (χ0) is 20.9. The second-order valence-corrected chi connectivity index (χ2v) is 8.32. The predicted molar refractivity (Wildman–Crippen MR) is 120 cm³/mol. The Morgan fingerprint density at radius 2 is 0.800 bits per heavy atom. The first-order valence-electron chi connectivity index (χ1n) is 9.63. The van der Waals surface area contributed by atoms with E-state index in [4.69, 9.17) is 23.2 Å². The Bertz CT molecular complexity index is 1140. The van der Waals surface area contributed by atoms with E-state index >= 15 is 0 Å². The Morgan fingerprint density at radius 1 is 0.467 bits per heavy atom. The van der Waals surface area contributed by atoms with Crippen LogP contribution >= 0.6 is 23.2 Å². The van der Waals surface area contributed by atoms with Crippen LogP contribution in [0.1, 0.15) is 33.4 Å². The van der Waals surface area contributed by atoms with E-state index in [9.17, 15) is 10.2 Å². The van der Waals surface area contributed by atoms with Crippen molar-refractivity contribution >= 4 is 23.2 Å². The Kier molecular flexibility index (Phi) is 4.49. The summed E-state index contributed by atoms with van der Waals surface area (Å²) in [6.45, 7) is 0. The van der Waals surface area contributed by atoms with Gasteiger partial charge in [0.15, 0.2) is 0 Å². The van der Waals surface area contributed by atoms with Crippen LogP contribution in [0.4, 0.5) is 0 Å². The van der Waals surface area contributed by atoms with E-state index in [0.29, 0.717) is 43.4 Å². The van der Waals surface area contributed by atoms with E-state index < -0.39 is 11.2 Å². The second-order valence-electron chi connectivity index (χ2n) is 7.51. The van der Waals surface area contributed by atoms with Crippen molar-refractivity contribution in [1.29, 1.82) is 0 Å². The second kappa shape index (κ2) is 6.97. The van der Waals surface area contributed by atoms with Gasteiger partial charge in [0.05, 0.1) is 10.0 Å². The summed E-state index contributed by atoms with van der Waals surface area (Å²) < 4.78 is 0. The van der Waals surface area contributed by atoms with Gasteiger partial charge in [-0.15, -0.1) is 0 Å². The van der Waals surface area contributed by atoms with Crippen LogP contribution in [0.5, 0.6) is 0 Å². The molecule has 5 rings (SSSR count). The largest absolute Gasteiger partial charge is 0.376 e. The van der Waals surface area contributed by atoms with Crippen molar-refractivity contribution in [2.45, 2.75) is 11.2 Å². The Balaban J connectivity index is 1.95. The van der Waals surface area contributed by atoms with E-state index in [0.717, 1.165) is 0 Å². The molecule has 4 aromatic rings. The molecule has 0 bridgehead atoms. The summed E-state index contributed by atoms with van der Waals surface area (Å²) in [5.41, 5.74) is 0.604. The van der Waals surface area contributed by atoms with Crippen molar-refractivity contribution in [3.63, 3.8) is 0 Å². The third-order valence-electron chi connectivity index (χ3n) is 5.93. The molecule has 0 aromatic heterocycles. The minimum absolute atomic E-state index is 0.319. The number of fused-ring (bicyclic) bond motifs is 2. The monoisotopic (exact) mass is 432 g/mol. The molecule has 0 aliphatic heterocycles. The molecule has 0 heterocycles. The summed E-state index contributed by atoms with van der Waals surface area (Å²) in [6.07, 6.45) is 0. The highest BCUT2D eigenvalue weighted by Crippen LogP contribution is 2.54. The number of aliphatic hydroxyl groups is 2. The number of hydrogen-bond donors (Lipinski definition) is 2. The lowest BCUT2D eigenvalue weighted by molar-refractivity contribution is 0.0748. The molecule has 2 unspecified atom stereocenters. The van der Waals surface area contributed by atoms with Gasteiger partial charge >= 0.3 is 0 Å². The lowest BCUT2D eigenvalue weighted by Gasteiger charge is -2.45. The van der Waals surface area contributed by atoms with Gasteiger partial charge in [0.2, 0.25) is 0 Å². The maximum absolute atomic E-state index is 12.2. The van der Waals surface area contributed by atoms with Crippen LogP contribution in [0.2, 0.25) is 10.0 Å². The van der Waals surface area contributed by atoms with Gasteiger partial charge in [0, 0.05) is 11.1 Å². The van der Waals surface area contributed by atoms with E-state index in [2.05, 4.69) is 0 Å². The number of halogens is 2. The minimum atomic E-state index is -1.50. The fraction of sp³-hybridized carbons (Fsp3) is 0.0769. The fourth-order valence-electron chi connectivity index (χ4n) is 4.53. The average Bonchev–Trinajstić information content (AvgIpc) is 2.80. The third-order valence-corrected chi connectivity index (χ3v) is 6.65. The molecule has 0 fully saturated rings. The molecule has 4 aromatic carbocycles. The van der Waals surface area contributed by atoms with Gasteiger partial charge < -0.3 is 10.2 Å². The summed E-state index contributed by atoms with van der Waals surface area (Å²) >= 11 is 12.8. The van der Waals surface area contributed by atoms with Crippen molar-refractivity contribution in [1.82, 2.24) is 0 Å². The molecule has 1 aliphatic rings. The third kappa shape index (κ3) is 2.59. The first-order valence-corrected chi connectivity index (χ1v) is 10.4. The lowest BCUT2D eigenvalue weighted by Crippen LogP contribution is -2.44. The Labute approximate surface area is 185 Å². The van der Waals surface area contributed by atoms with Gasteiger partial charge in [-0.25, -0.2) is 0 Å². The van der Waals surface area contributed by atoms with Crippen molar-refractivity contribution in [2.75, 3.05) is 0 Å². The van der Waals surface area contributed by atoms with E-state index in [1.807, 2.05) is 84.9 Å². The fourth-order valence-corrected chi connectivity index (χ4v) is 4.86. The number of rotatable bonds is 2. The smallest absolute Gasteiger partial charge is 0.141 e. The van der Waals surface area contributed by atoms with Gasteiger partial charge in [-0.3, -0.25) is 0 Å². The Hall–Kier alpha value is -2.62. The summed E-state index contributed by atoms with van der Waals surface area (Å²) in [7, 11) is 0. The number of hydrogen-bond acceptors (Lipinski definition) is 2. The van der Waals surface area contributed by atoms with Crippen LogP contribution in [0.15, 0.2) is 97.1 Å². The van der Waals surface area contributed by atoms with Gasteiger partial charge in [-0.05, 0) is 34.4 Å². The van der Waals surface area contributed by atoms with Crippen molar-refractivity contribution in [2.24, 2.45) is 0 Å². The average molecular weight is 433 g/mol. The van der Waals surface area contributed by atoms with Crippen LogP contribution in [0.3, 0.4) is 0 Å².